The zero-order valence-electron chi connectivity index (χ0n) is 11.5. The maximum atomic E-state index is 9.39. The third kappa shape index (κ3) is 2.22. The lowest BCUT2D eigenvalue weighted by Gasteiger charge is -2.06. The van der Waals surface area contributed by atoms with E-state index in [2.05, 4.69) is 6.07 Å². The zero-order chi connectivity index (χ0) is 13.8. The van der Waals surface area contributed by atoms with Crippen LogP contribution >= 0.6 is 0 Å². The first-order valence-corrected chi connectivity index (χ1v) is 6.45. The van der Waals surface area contributed by atoms with E-state index in [0.29, 0.717) is 24.5 Å². The Morgan fingerprint density at radius 1 is 1.11 bits per heavy atom. The van der Waals surface area contributed by atoms with Gasteiger partial charge in [0.05, 0.1) is 13.2 Å². The number of ether oxygens (including phenoxy) is 2. The highest BCUT2D eigenvalue weighted by molar-refractivity contribution is 5.86. The van der Waals surface area contributed by atoms with Gasteiger partial charge in [0.2, 0.25) is 0 Å². The van der Waals surface area contributed by atoms with E-state index in [1.165, 1.54) is 0 Å². The summed E-state index contributed by atoms with van der Waals surface area (Å²) in [5, 5.41) is 9.39. The summed E-state index contributed by atoms with van der Waals surface area (Å²) in [5.74, 6) is 1.47. The highest BCUT2D eigenvalue weighted by atomic mass is 16.5. The van der Waals surface area contributed by atoms with Gasteiger partial charge >= 0.3 is 0 Å². The predicted octanol–water partition coefficient (Wildman–Crippen LogP) is 3.77. The molecule has 0 bridgehead atoms. The summed E-state index contributed by atoms with van der Waals surface area (Å²) in [6.45, 7) is 6.97. The van der Waals surface area contributed by atoms with Crippen molar-refractivity contribution in [2.24, 2.45) is 0 Å². The van der Waals surface area contributed by atoms with Crippen LogP contribution in [0.15, 0.2) is 24.3 Å². The van der Waals surface area contributed by atoms with Gasteiger partial charge in [0.25, 0.3) is 0 Å². The van der Waals surface area contributed by atoms with Crippen LogP contribution in [0.5, 0.6) is 11.5 Å². The van der Waals surface area contributed by atoms with Crippen molar-refractivity contribution in [3.63, 3.8) is 0 Å². The van der Waals surface area contributed by atoms with Crippen molar-refractivity contribution in [1.82, 2.24) is 0 Å². The molecule has 0 N–H and O–H groups in total. The molecule has 0 heterocycles. The van der Waals surface area contributed by atoms with E-state index in [4.69, 9.17) is 9.47 Å². The number of nitriles is 1. The summed E-state index contributed by atoms with van der Waals surface area (Å²) in [6.07, 6.45) is 0. The van der Waals surface area contributed by atoms with Gasteiger partial charge in [-0.05, 0) is 26.8 Å². The Balaban J connectivity index is 2.76. The minimum absolute atomic E-state index is 0.544. The molecule has 2 aliphatic rings. The molecule has 2 aliphatic carbocycles. The van der Waals surface area contributed by atoms with E-state index < -0.39 is 0 Å². The van der Waals surface area contributed by atoms with Crippen molar-refractivity contribution in [2.45, 2.75) is 20.8 Å². The van der Waals surface area contributed by atoms with Gasteiger partial charge in [-0.3, -0.25) is 0 Å². The fourth-order valence-corrected chi connectivity index (χ4v) is 2.32. The lowest BCUT2D eigenvalue weighted by atomic mass is 10.1. The van der Waals surface area contributed by atoms with Crippen LogP contribution in [-0.4, -0.2) is 13.2 Å². The maximum Gasteiger partial charge on any atom is 0.141 e. The summed E-state index contributed by atoms with van der Waals surface area (Å²) in [6, 6.07) is 9.95. The summed E-state index contributed by atoms with van der Waals surface area (Å²) >= 11 is 0. The van der Waals surface area contributed by atoms with Gasteiger partial charge in [-0.25, -0.2) is 0 Å². The van der Waals surface area contributed by atoms with Crippen LogP contribution in [0.2, 0.25) is 0 Å². The molecule has 3 heteroatoms. The predicted molar refractivity (Wildman–Crippen MR) is 74.9 cm³/mol. The second-order valence-electron chi connectivity index (χ2n) is 4.18. The SMILES string of the molecule is CCOc1ccccc2c(C#N)c(OCC)c(C)c1-2. The summed E-state index contributed by atoms with van der Waals surface area (Å²) < 4.78 is 11.3. The standard InChI is InChI=1S/C16H17NO2/c1-4-18-14-9-7-6-8-12-13(10-17)16(19-5-2)11(3)15(12)14/h6-9H,4-5H2,1-3H3. The van der Waals surface area contributed by atoms with Gasteiger partial charge in [0.1, 0.15) is 23.1 Å². The number of nitrogens with zero attached hydrogens (tertiary/aromatic N) is 1. The van der Waals surface area contributed by atoms with Gasteiger partial charge < -0.3 is 9.47 Å². The fourth-order valence-electron chi connectivity index (χ4n) is 2.32. The number of hydrogen-bond acceptors (Lipinski definition) is 3. The van der Waals surface area contributed by atoms with E-state index in [9.17, 15) is 5.26 Å². The summed E-state index contributed by atoms with van der Waals surface area (Å²) in [5.41, 5.74) is 3.41. The van der Waals surface area contributed by atoms with Gasteiger partial charge in [-0.1, -0.05) is 18.2 Å². The molecule has 98 valence electrons. The molecule has 0 aromatic rings. The highest BCUT2D eigenvalue weighted by Crippen LogP contribution is 2.45. The van der Waals surface area contributed by atoms with Crippen molar-refractivity contribution in [3.05, 3.63) is 35.4 Å². The van der Waals surface area contributed by atoms with E-state index in [1.807, 2.05) is 45.0 Å². The molecule has 3 nitrogen and oxygen atoms in total. The number of hydrogen-bond donors (Lipinski definition) is 0. The van der Waals surface area contributed by atoms with Crippen molar-refractivity contribution in [1.29, 1.82) is 5.26 Å². The first-order valence-electron chi connectivity index (χ1n) is 6.45. The average molecular weight is 255 g/mol. The molecule has 0 aliphatic heterocycles. The van der Waals surface area contributed by atoms with Crippen LogP contribution in [0, 0.1) is 18.3 Å². The first-order chi connectivity index (χ1) is 9.24. The molecule has 0 unspecified atom stereocenters. The molecule has 0 fully saturated rings. The van der Waals surface area contributed by atoms with E-state index >= 15 is 0 Å². The van der Waals surface area contributed by atoms with Crippen LogP contribution in [0.3, 0.4) is 0 Å². The smallest absolute Gasteiger partial charge is 0.141 e. The van der Waals surface area contributed by atoms with Crippen molar-refractivity contribution in [2.75, 3.05) is 13.2 Å². The highest BCUT2D eigenvalue weighted by Gasteiger charge is 2.24. The minimum Gasteiger partial charge on any atom is -0.493 e. The summed E-state index contributed by atoms with van der Waals surface area (Å²) in [4.78, 5) is 0. The Hall–Kier alpha value is -2.21. The molecule has 2 rings (SSSR count). The molecule has 0 saturated heterocycles. The molecule has 0 spiro atoms. The molecule has 0 radical (unpaired) electrons. The molecule has 0 aromatic heterocycles. The van der Waals surface area contributed by atoms with Crippen molar-refractivity contribution in [3.8, 4) is 28.7 Å². The van der Waals surface area contributed by atoms with E-state index in [-0.39, 0.29) is 0 Å². The Kier molecular flexibility index (Phi) is 3.91. The van der Waals surface area contributed by atoms with Gasteiger partial charge in [0, 0.05) is 16.7 Å². The molecule has 19 heavy (non-hydrogen) atoms. The fraction of sp³-hybridized carbons (Fsp3) is 0.312. The lowest BCUT2D eigenvalue weighted by molar-refractivity contribution is 0.336. The second kappa shape index (κ2) is 5.62. The van der Waals surface area contributed by atoms with Crippen LogP contribution in [0.4, 0.5) is 0 Å². The van der Waals surface area contributed by atoms with Gasteiger partial charge in [-0.15, -0.1) is 0 Å². The number of fused-ring (bicyclic) bond motifs is 1. The van der Waals surface area contributed by atoms with Crippen LogP contribution in [0.25, 0.3) is 11.1 Å². The largest absolute Gasteiger partial charge is 0.493 e. The van der Waals surface area contributed by atoms with E-state index in [1.54, 1.807) is 0 Å². The zero-order valence-corrected chi connectivity index (χ0v) is 11.5. The molecular weight excluding hydrogens is 238 g/mol. The lowest BCUT2D eigenvalue weighted by Crippen LogP contribution is -1.94. The normalized spacial score (nSPS) is 10.2. The molecule has 0 amide bonds. The molecule has 0 atom stereocenters. The average Bonchev–Trinajstić information content (AvgIpc) is 2.55. The molecule has 0 aromatic carbocycles. The minimum atomic E-state index is 0.544. The maximum absolute atomic E-state index is 9.39. The molecular formula is C16H17NO2. The van der Waals surface area contributed by atoms with Gasteiger partial charge in [-0.2, -0.15) is 5.26 Å². The quantitative estimate of drug-likeness (QED) is 0.835. The Labute approximate surface area is 113 Å². The second-order valence-corrected chi connectivity index (χ2v) is 4.18. The van der Waals surface area contributed by atoms with E-state index in [0.717, 1.165) is 22.4 Å². The topological polar surface area (TPSA) is 42.2 Å². The first kappa shape index (κ1) is 13.2. The number of rotatable bonds is 4. The van der Waals surface area contributed by atoms with Crippen molar-refractivity contribution < 1.29 is 9.47 Å². The Bertz CT molecular complexity index is 599. The Morgan fingerprint density at radius 2 is 1.79 bits per heavy atom. The van der Waals surface area contributed by atoms with Crippen molar-refractivity contribution >= 4 is 0 Å². The summed E-state index contributed by atoms with van der Waals surface area (Å²) in [7, 11) is 0. The van der Waals surface area contributed by atoms with Crippen LogP contribution in [-0.2, 0) is 0 Å². The monoisotopic (exact) mass is 255 g/mol. The third-order valence-electron chi connectivity index (χ3n) is 3.05. The molecule has 0 saturated carbocycles. The van der Waals surface area contributed by atoms with Crippen LogP contribution < -0.4 is 9.47 Å². The van der Waals surface area contributed by atoms with Gasteiger partial charge in [0.15, 0.2) is 0 Å². The van der Waals surface area contributed by atoms with Crippen LogP contribution in [0.1, 0.15) is 25.0 Å². The third-order valence-corrected chi connectivity index (χ3v) is 3.05. The Morgan fingerprint density at radius 3 is 2.42 bits per heavy atom.